The average Bonchev–Trinajstić information content (AvgIpc) is 2.10. The summed E-state index contributed by atoms with van der Waals surface area (Å²) in [4.78, 5) is 4.32. The van der Waals surface area contributed by atoms with Crippen LogP contribution >= 0.6 is 0 Å². The fourth-order valence-corrected chi connectivity index (χ4v) is 1.01. The van der Waals surface area contributed by atoms with E-state index >= 15 is 0 Å². The van der Waals surface area contributed by atoms with Gasteiger partial charge in [0.1, 0.15) is 0 Å². The number of hydrogen-bond acceptors (Lipinski definition) is 1. The van der Waals surface area contributed by atoms with Crippen LogP contribution in [0.3, 0.4) is 0 Å². The molecule has 0 atom stereocenters. The fourth-order valence-electron chi connectivity index (χ4n) is 1.01. The summed E-state index contributed by atoms with van der Waals surface area (Å²) >= 11 is 0. The first-order chi connectivity index (χ1) is 4.51. The van der Waals surface area contributed by atoms with Crippen LogP contribution in [0.25, 0.3) is 0 Å². The van der Waals surface area contributed by atoms with E-state index in [-0.39, 0.29) is 5.41 Å². The molecule has 0 aromatic rings. The third-order valence-corrected chi connectivity index (χ3v) is 1.66. The third-order valence-electron chi connectivity index (χ3n) is 1.66. The minimum Gasteiger partial charge on any atom is -0.265 e. The molecule has 0 amide bonds. The summed E-state index contributed by atoms with van der Waals surface area (Å²) in [6.45, 7) is 8.69. The van der Waals surface area contributed by atoms with Gasteiger partial charge < -0.3 is 0 Å². The molecule has 0 aromatic carbocycles. The Kier molecular flexibility index (Phi) is 1.67. The van der Waals surface area contributed by atoms with Crippen LogP contribution in [0.1, 0.15) is 27.7 Å². The van der Waals surface area contributed by atoms with E-state index in [1.807, 2.05) is 6.21 Å². The molecule has 0 saturated carbocycles. The Morgan fingerprint density at radius 1 is 1.40 bits per heavy atom. The quantitative estimate of drug-likeness (QED) is 0.527. The lowest BCUT2D eigenvalue weighted by Crippen LogP contribution is -2.04. The summed E-state index contributed by atoms with van der Waals surface area (Å²) < 4.78 is 0. The Bertz CT molecular complexity index is 185. The summed E-state index contributed by atoms with van der Waals surface area (Å²) in [5.74, 6) is 0.568. The molecule has 0 aromatic heterocycles. The SMILES string of the molecule is CC(C)C1=CC(C)(C)C=N1. The van der Waals surface area contributed by atoms with Crippen molar-refractivity contribution in [3.8, 4) is 0 Å². The van der Waals surface area contributed by atoms with Crippen molar-refractivity contribution in [1.29, 1.82) is 0 Å². The molecule has 1 heteroatoms. The van der Waals surface area contributed by atoms with E-state index in [1.165, 1.54) is 5.70 Å². The highest BCUT2D eigenvalue weighted by Gasteiger charge is 2.19. The van der Waals surface area contributed by atoms with Crippen LogP contribution in [0.5, 0.6) is 0 Å². The highest BCUT2D eigenvalue weighted by molar-refractivity contribution is 5.72. The number of rotatable bonds is 1. The molecule has 10 heavy (non-hydrogen) atoms. The first kappa shape index (κ1) is 7.52. The van der Waals surface area contributed by atoms with E-state index in [0.29, 0.717) is 5.92 Å². The van der Waals surface area contributed by atoms with Crippen LogP contribution < -0.4 is 0 Å². The Morgan fingerprint density at radius 3 is 2.20 bits per heavy atom. The van der Waals surface area contributed by atoms with Gasteiger partial charge in [-0.15, -0.1) is 0 Å². The number of nitrogens with zero attached hydrogens (tertiary/aromatic N) is 1. The molecule has 1 aliphatic heterocycles. The lowest BCUT2D eigenvalue weighted by atomic mass is 9.95. The molecular formula is C9H15N. The summed E-state index contributed by atoms with van der Waals surface area (Å²) in [7, 11) is 0. The number of aliphatic imine (C=N–C) groups is 1. The maximum absolute atomic E-state index is 4.32. The third kappa shape index (κ3) is 1.47. The topological polar surface area (TPSA) is 12.4 Å². The summed E-state index contributed by atoms with van der Waals surface area (Å²) in [5.41, 5.74) is 1.42. The van der Waals surface area contributed by atoms with Crippen molar-refractivity contribution in [2.24, 2.45) is 16.3 Å². The summed E-state index contributed by atoms with van der Waals surface area (Å²) in [5, 5.41) is 0. The zero-order valence-electron chi connectivity index (χ0n) is 7.18. The molecule has 0 bridgehead atoms. The minimum atomic E-state index is 0.194. The van der Waals surface area contributed by atoms with E-state index in [2.05, 4.69) is 38.8 Å². The van der Waals surface area contributed by atoms with Crippen molar-refractivity contribution in [3.05, 3.63) is 11.8 Å². The molecule has 0 N–H and O–H groups in total. The number of hydrogen-bond donors (Lipinski definition) is 0. The van der Waals surface area contributed by atoms with Gasteiger partial charge in [-0.05, 0) is 5.92 Å². The van der Waals surface area contributed by atoms with Gasteiger partial charge in [0, 0.05) is 17.3 Å². The maximum atomic E-state index is 4.32. The second-order valence-corrected chi connectivity index (χ2v) is 3.80. The molecule has 1 nitrogen and oxygen atoms in total. The zero-order chi connectivity index (χ0) is 7.78. The predicted octanol–water partition coefficient (Wildman–Crippen LogP) is 2.64. The Labute approximate surface area is 62.9 Å². The van der Waals surface area contributed by atoms with E-state index in [4.69, 9.17) is 0 Å². The van der Waals surface area contributed by atoms with Crippen molar-refractivity contribution >= 4 is 6.21 Å². The van der Waals surface area contributed by atoms with E-state index in [9.17, 15) is 0 Å². The van der Waals surface area contributed by atoms with Gasteiger partial charge >= 0.3 is 0 Å². The molecule has 0 aliphatic carbocycles. The van der Waals surface area contributed by atoms with Crippen LogP contribution in [0.4, 0.5) is 0 Å². The van der Waals surface area contributed by atoms with Gasteiger partial charge in [-0.1, -0.05) is 33.8 Å². The Hall–Kier alpha value is -0.590. The standard InChI is InChI=1S/C9H15N/c1-7(2)8-5-9(3,4)6-10-8/h5-7H,1-4H3. The lowest BCUT2D eigenvalue weighted by molar-refractivity contribution is 0.687. The van der Waals surface area contributed by atoms with Crippen molar-refractivity contribution in [2.45, 2.75) is 27.7 Å². The van der Waals surface area contributed by atoms with E-state index in [1.54, 1.807) is 0 Å². The predicted molar refractivity (Wildman–Crippen MR) is 45.2 cm³/mol. The van der Waals surface area contributed by atoms with Crippen LogP contribution in [-0.4, -0.2) is 6.21 Å². The van der Waals surface area contributed by atoms with Crippen LogP contribution in [0.15, 0.2) is 16.8 Å². The average molecular weight is 137 g/mol. The van der Waals surface area contributed by atoms with Gasteiger partial charge in [0.2, 0.25) is 0 Å². The highest BCUT2D eigenvalue weighted by atomic mass is 14.8. The Morgan fingerprint density at radius 2 is 2.00 bits per heavy atom. The molecule has 0 fully saturated rings. The molecule has 0 unspecified atom stereocenters. The monoisotopic (exact) mass is 137 g/mol. The van der Waals surface area contributed by atoms with E-state index < -0.39 is 0 Å². The zero-order valence-corrected chi connectivity index (χ0v) is 7.18. The number of allylic oxidation sites excluding steroid dienone is 2. The first-order valence-electron chi connectivity index (χ1n) is 3.79. The molecule has 0 saturated heterocycles. The van der Waals surface area contributed by atoms with Gasteiger partial charge in [-0.2, -0.15) is 0 Å². The van der Waals surface area contributed by atoms with Crippen molar-refractivity contribution in [1.82, 2.24) is 0 Å². The molecule has 0 radical (unpaired) electrons. The fraction of sp³-hybridized carbons (Fsp3) is 0.667. The second-order valence-electron chi connectivity index (χ2n) is 3.80. The van der Waals surface area contributed by atoms with Gasteiger partial charge in [-0.25, -0.2) is 0 Å². The van der Waals surface area contributed by atoms with Gasteiger partial charge in [0.25, 0.3) is 0 Å². The normalized spacial score (nSPS) is 21.9. The van der Waals surface area contributed by atoms with Gasteiger partial charge in [-0.3, -0.25) is 4.99 Å². The summed E-state index contributed by atoms with van der Waals surface area (Å²) in [6.07, 6.45) is 4.25. The van der Waals surface area contributed by atoms with Crippen LogP contribution in [0.2, 0.25) is 0 Å². The minimum absolute atomic E-state index is 0.194. The van der Waals surface area contributed by atoms with Gasteiger partial charge in [0.15, 0.2) is 0 Å². The molecule has 1 heterocycles. The van der Waals surface area contributed by atoms with E-state index in [0.717, 1.165) is 0 Å². The molecule has 1 aliphatic rings. The van der Waals surface area contributed by atoms with Crippen LogP contribution in [-0.2, 0) is 0 Å². The lowest BCUT2D eigenvalue weighted by Gasteiger charge is -2.07. The maximum Gasteiger partial charge on any atom is 0.0394 e. The smallest absolute Gasteiger partial charge is 0.0394 e. The van der Waals surface area contributed by atoms with Crippen molar-refractivity contribution in [2.75, 3.05) is 0 Å². The van der Waals surface area contributed by atoms with Crippen LogP contribution in [0, 0.1) is 11.3 Å². The first-order valence-corrected chi connectivity index (χ1v) is 3.79. The van der Waals surface area contributed by atoms with Crippen molar-refractivity contribution < 1.29 is 0 Å². The largest absolute Gasteiger partial charge is 0.265 e. The Balaban J connectivity index is 2.78. The van der Waals surface area contributed by atoms with Crippen molar-refractivity contribution in [3.63, 3.8) is 0 Å². The summed E-state index contributed by atoms with van der Waals surface area (Å²) in [6, 6.07) is 0. The second kappa shape index (κ2) is 2.22. The molecule has 1 rings (SSSR count). The molecular weight excluding hydrogens is 122 g/mol. The molecule has 0 spiro atoms. The molecule has 56 valence electrons. The highest BCUT2D eigenvalue weighted by Crippen LogP contribution is 2.27. The van der Waals surface area contributed by atoms with Gasteiger partial charge in [0.05, 0.1) is 0 Å².